The van der Waals surface area contributed by atoms with Gasteiger partial charge in [0, 0.05) is 0 Å². The molecule has 2 aromatic rings. The van der Waals surface area contributed by atoms with Crippen molar-refractivity contribution in [2.24, 2.45) is 0 Å². The zero-order valence-corrected chi connectivity index (χ0v) is 10.0. The molecule has 0 N–H and O–H groups in total. The van der Waals surface area contributed by atoms with Crippen LogP contribution < -0.4 is 0 Å². The Labute approximate surface area is 78.9 Å². The van der Waals surface area contributed by atoms with Crippen LogP contribution in [0.1, 0.15) is 0 Å². The third kappa shape index (κ3) is 1.22. The van der Waals surface area contributed by atoms with Gasteiger partial charge in [-0.2, -0.15) is 0 Å². The second kappa shape index (κ2) is 2.55. The standard InChI is InChI=1S/C6H3ISe2/c7-5-3-4-1-2-8-6(4)9-5/h1-3H. The quantitative estimate of drug-likeness (QED) is 0.494. The van der Waals surface area contributed by atoms with Crippen molar-refractivity contribution in [3.05, 3.63) is 19.5 Å². The van der Waals surface area contributed by atoms with Gasteiger partial charge in [-0.05, 0) is 0 Å². The van der Waals surface area contributed by atoms with Crippen LogP contribution in [0.3, 0.4) is 0 Å². The number of hydrogen-bond acceptors (Lipinski definition) is 0. The third-order valence-corrected chi connectivity index (χ3v) is 7.59. The fourth-order valence-corrected chi connectivity index (χ4v) is 8.71. The van der Waals surface area contributed by atoms with Crippen molar-refractivity contribution in [1.82, 2.24) is 0 Å². The van der Waals surface area contributed by atoms with E-state index in [-0.39, 0.29) is 0 Å². The van der Waals surface area contributed by atoms with E-state index in [1.54, 1.807) is 5.58 Å². The molecule has 3 heteroatoms. The molecule has 0 fully saturated rings. The molecule has 0 aliphatic heterocycles. The maximum absolute atomic E-state index is 2.44. The Morgan fingerprint density at radius 1 is 1.44 bits per heavy atom. The number of rotatable bonds is 0. The van der Waals surface area contributed by atoms with E-state index in [4.69, 9.17) is 0 Å². The molecule has 0 amide bonds. The van der Waals surface area contributed by atoms with Crippen LogP contribution in [0.15, 0.2) is 17.1 Å². The second-order valence-electron chi connectivity index (χ2n) is 1.71. The van der Waals surface area contributed by atoms with Crippen LogP contribution in [0.2, 0.25) is 0 Å². The van der Waals surface area contributed by atoms with Gasteiger partial charge >= 0.3 is 79.6 Å². The summed E-state index contributed by atoms with van der Waals surface area (Å²) in [6.45, 7) is 0. The Kier molecular flexibility index (Phi) is 1.90. The molecule has 0 unspecified atom stereocenters. The van der Waals surface area contributed by atoms with Crippen LogP contribution >= 0.6 is 22.6 Å². The Bertz CT molecular complexity index is 292. The van der Waals surface area contributed by atoms with Crippen LogP contribution in [0.4, 0.5) is 0 Å². The minimum absolute atomic E-state index is 0.721. The minimum atomic E-state index is 0.721. The van der Waals surface area contributed by atoms with E-state index in [1.807, 2.05) is 0 Å². The first kappa shape index (κ1) is 6.68. The molecule has 0 aliphatic carbocycles. The summed E-state index contributed by atoms with van der Waals surface area (Å²) in [5.41, 5.74) is 0. The normalized spacial score (nSPS) is 10.8. The van der Waals surface area contributed by atoms with Gasteiger partial charge in [-0.1, -0.05) is 0 Å². The van der Waals surface area contributed by atoms with E-state index in [2.05, 4.69) is 39.7 Å². The molecule has 0 aliphatic rings. The van der Waals surface area contributed by atoms with Crippen molar-refractivity contribution < 1.29 is 0 Å². The number of halogens is 1. The number of fused-ring (bicyclic) bond motifs is 1. The summed E-state index contributed by atoms with van der Waals surface area (Å²) < 4.78 is 3.30. The van der Waals surface area contributed by atoms with Crippen molar-refractivity contribution in [2.45, 2.75) is 0 Å². The fourth-order valence-electron chi connectivity index (χ4n) is 0.736. The van der Waals surface area contributed by atoms with E-state index < -0.39 is 0 Å². The predicted molar refractivity (Wildman–Crippen MR) is 50.5 cm³/mol. The van der Waals surface area contributed by atoms with Gasteiger partial charge in [-0.25, -0.2) is 0 Å². The molecule has 0 saturated heterocycles. The van der Waals surface area contributed by atoms with Crippen molar-refractivity contribution in [1.29, 1.82) is 0 Å². The van der Waals surface area contributed by atoms with Crippen LogP contribution in [0.5, 0.6) is 0 Å². The van der Waals surface area contributed by atoms with E-state index in [0.717, 1.165) is 29.0 Å². The molecule has 0 atom stereocenters. The second-order valence-corrected chi connectivity index (χ2v) is 9.96. The third-order valence-electron chi connectivity index (χ3n) is 1.12. The summed E-state index contributed by atoms with van der Waals surface area (Å²) in [6.07, 6.45) is 0. The van der Waals surface area contributed by atoms with Gasteiger partial charge in [0.1, 0.15) is 0 Å². The first-order chi connectivity index (χ1) is 4.36. The topological polar surface area (TPSA) is 0 Å². The van der Waals surface area contributed by atoms with Crippen LogP contribution in [-0.4, -0.2) is 29.0 Å². The Balaban J connectivity index is 2.92. The van der Waals surface area contributed by atoms with Gasteiger partial charge in [0.05, 0.1) is 0 Å². The Morgan fingerprint density at radius 3 is 3.11 bits per heavy atom. The predicted octanol–water partition coefficient (Wildman–Crippen LogP) is 1.56. The molecular formula is C6H3ISe2. The summed E-state index contributed by atoms with van der Waals surface area (Å²) >= 11 is 3.89. The van der Waals surface area contributed by atoms with Gasteiger partial charge in [0.2, 0.25) is 0 Å². The summed E-state index contributed by atoms with van der Waals surface area (Å²) in [5.74, 6) is 0. The molecule has 2 aromatic heterocycles. The van der Waals surface area contributed by atoms with Crippen molar-refractivity contribution in [2.75, 3.05) is 0 Å². The Hall–Kier alpha value is 0.989. The number of hydrogen-bond donors (Lipinski definition) is 0. The van der Waals surface area contributed by atoms with Crippen molar-refractivity contribution in [3.63, 3.8) is 0 Å². The SMILES string of the molecule is Ic1cc2cc[se]c2[se]1. The molecule has 2 heterocycles. The molecule has 0 bridgehead atoms. The molecule has 0 saturated carbocycles. The van der Waals surface area contributed by atoms with Crippen LogP contribution in [0.25, 0.3) is 8.52 Å². The van der Waals surface area contributed by atoms with E-state index in [9.17, 15) is 0 Å². The molecule has 9 heavy (non-hydrogen) atoms. The van der Waals surface area contributed by atoms with Gasteiger partial charge in [0.25, 0.3) is 0 Å². The van der Waals surface area contributed by atoms with E-state index in [0.29, 0.717) is 0 Å². The van der Waals surface area contributed by atoms with Crippen molar-refractivity contribution in [3.8, 4) is 0 Å². The van der Waals surface area contributed by atoms with Crippen molar-refractivity contribution >= 4 is 60.1 Å². The average molecular weight is 360 g/mol. The molecular weight excluding hydrogens is 357 g/mol. The van der Waals surface area contributed by atoms with Gasteiger partial charge in [0.15, 0.2) is 0 Å². The van der Waals surface area contributed by atoms with Crippen LogP contribution in [-0.2, 0) is 0 Å². The zero-order valence-electron chi connectivity index (χ0n) is 4.43. The Morgan fingerprint density at radius 2 is 2.33 bits per heavy atom. The summed E-state index contributed by atoms with van der Waals surface area (Å²) in [5, 5.41) is 1.53. The van der Waals surface area contributed by atoms with Gasteiger partial charge < -0.3 is 0 Å². The van der Waals surface area contributed by atoms with E-state index >= 15 is 0 Å². The molecule has 2 rings (SSSR count). The average Bonchev–Trinajstić information content (AvgIpc) is 2.22. The fraction of sp³-hybridized carbons (Fsp3) is 0. The maximum atomic E-state index is 2.44. The van der Waals surface area contributed by atoms with Crippen LogP contribution in [0, 0.1) is 2.44 Å². The summed E-state index contributed by atoms with van der Waals surface area (Å²) in [7, 11) is 0. The molecule has 0 aromatic carbocycles. The molecule has 0 nitrogen and oxygen atoms in total. The zero-order chi connectivity index (χ0) is 6.27. The van der Waals surface area contributed by atoms with E-state index in [1.165, 1.54) is 5.39 Å². The first-order valence-corrected chi connectivity index (χ1v) is 7.12. The first-order valence-electron chi connectivity index (χ1n) is 2.49. The molecule has 0 radical (unpaired) electrons. The monoisotopic (exact) mass is 362 g/mol. The van der Waals surface area contributed by atoms with Gasteiger partial charge in [-0.15, -0.1) is 0 Å². The molecule has 46 valence electrons. The summed E-state index contributed by atoms with van der Waals surface area (Å²) in [6, 6.07) is 4.59. The summed E-state index contributed by atoms with van der Waals surface area (Å²) in [4.78, 5) is 2.32. The van der Waals surface area contributed by atoms with Gasteiger partial charge in [-0.3, -0.25) is 0 Å². The molecule has 0 spiro atoms.